The molecule has 33 heavy (non-hydrogen) atoms. The summed E-state index contributed by atoms with van der Waals surface area (Å²) in [5.41, 5.74) is 1.11. The lowest BCUT2D eigenvalue weighted by Gasteiger charge is -2.11. The largest absolute Gasteiger partial charge is 0.494 e. The van der Waals surface area contributed by atoms with Crippen molar-refractivity contribution in [3.8, 4) is 11.4 Å². The fourth-order valence-corrected chi connectivity index (χ4v) is 3.87. The Morgan fingerprint density at radius 3 is 2.42 bits per heavy atom. The van der Waals surface area contributed by atoms with Crippen LogP contribution in [0.1, 0.15) is 30.0 Å². The van der Waals surface area contributed by atoms with Crippen LogP contribution in [0.4, 0.5) is 5.69 Å². The number of carbonyl (C=O) groups is 2. The second kappa shape index (κ2) is 11.2. The molecule has 0 saturated carbocycles. The highest BCUT2D eigenvalue weighted by Crippen LogP contribution is 2.25. The van der Waals surface area contributed by atoms with Crippen molar-refractivity contribution in [1.82, 2.24) is 20.1 Å². The second-order valence-corrected chi connectivity index (χ2v) is 7.85. The molecule has 0 aliphatic rings. The van der Waals surface area contributed by atoms with Crippen LogP contribution in [0.3, 0.4) is 0 Å². The SMILES string of the molecule is CCOc1ccc(-n2c(CCNC(C)=O)nnc2SCC(=O)c2ccc([N+](=O)[O-])cc2)cc1. The quantitative estimate of drug-likeness (QED) is 0.196. The summed E-state index contributed by atoms with van der Waals surface area (Å²) in [5, 5.41) is 22.6. The number of nitro benzene ring substituents is 1. The highest BCUT2D eigenvalue weighted by atomic mass is 32.2. The molecule has 3 aromatic rings. The van der Waals surface area contributed by atoms with Gasteiger partial charge in [-0.3, -0.25) is 24.3 Å². The van der Waals surface area contributed by atoms with Gasteiger partial charge in [0.1, 0.15) is 11.6 Å². The summed E-state index contributed by atoms with van der Waals surface area (Å²) in [7, 11) is 0. The second-order valence-electron chi connectivity index (χ2n) is 6.91. The average Bonchev–Trinajstić information content (AvgIpc) is 3.20. The molecule has 0 unspecified atom stereocenters. The first-order valence-electron chi connectivity index (χ1n) is 10.2. The minimum Gasteiger partial charge on any atom is -0.494 e. The van der Waals surface area contributed by atoms with Gasteiger partial charge in [0.15, 0.2) is 10.9 Å². The van der Waals surface area contributed by atoms with Crippen molar-refractivity contribution in [3.05, 3.63) is 70.0 Å². The molecule has 0 saturated heterocycles. The molecule has 0 bridgehead atoms. The van der Waals surface area contributed by atoms with Gasteiger partial charge in [0, 0.05) is 43.3 Å². The third kappa shape index (κ3) is 6.39. The van der Waals surface area contributed by atoms with Gasteiger partial charge in [-0.1, -0.05) is 11.8 Å². The van der Waals surface area contributed by atoms with Crippen molar-refractivity contribution in [2.24, 2.45) is 0 Å². The first kappa shape index (κ1) is 23.9. The molecule has 0 fully saturated rings. The number of ether oxygens (including phenoxy) is 1. The Kier molecular flexibility index (Phi) is 8.14. The summed E-state index contributed by atoms with van der Waals surface area (Å²) in [6.07, 6.45) is 0.455. The predicted molar refractivity (Wildman–Crippen MR) is 123 cm³/mol. The van der Waals surface area contributed by atoms with Gasteiger partial charge in [-0.25, -0.2) is 0 Å². The van der Waals surface area contributed by atoms with Crippen molar-refractivity contribution in [3.63, 3.8) is 0 Å². The molecule has 2 aromatic carbocycles. The number of hydrogen-bond acceptors (Lipinski definition) is 8. The number of aromatic nitrogens is 3. The molecule has 0 atom stereocenters. The molecule has 172 valence electrons. The van der Waals surface area contributed by atoms with Gasteiger partial charge < -0.3 is 10.1 Å². The zero-order valence-electron chi connectivity index (χ0n) is 18.2. The molecular formula is C22H23N5O5S. The number of ketones is 1. The third-order valence-electron chi connectivity index (χ3n) is 4.56. The smallest absolute Gasteiger partial charge is 0.269 e. The van der Waals surface area contributed by atoms with E-state index in [1.165, 1.54) is 43.0 Å². The fourth-order valence-electron chi connectivity index (χ4n) is 3.01. The van der Waals surface area contributed by atoms with Crippen molar-refractivity contribution < 1.29 is 19.2 Å². The van der Waals surface area contributed by atoms with Crippen molar-refractivity contribution >= 4 is 29.1 Å². The number of nitro groups is 1. The molecule has 0 spiro atoms. The molecule has 1 aromatic heterocycles. The third-order valence-corrected chi connectivity index (χ3v) is 5.49. The molecular weight excluding hydrogens is 446 g/mol. The van der Waals surface area contributed by atoms with Crippen LogP contribution in [0.5, 0.6) is 5.75 Å². The Morgan fingerprint density at radius 2 is 1.82 bits per heavy atom. The summed E-state index contributed by atoms with van der Waals surface area (Å²) in [6.45, 7) is 4.31. The number of nitrogens with zero attached hydrogens (tertiary/aromatic N) is 4. The van der Waals surface area contributed by atoms with Crippen LogP contribution in [-0.2, 0) is 11.2 Å². The molecule has 0 aliphatic carbocycles. The van der Waals surface area contributed by atoms with Crippen LogP contribution in [0, 0.1) is 10.1 Å². The first-order valence-corrected chi connectivity index (χ1v) is 11.2. The normalized spacial score (nSPS) is 10.6. The van der Waals surface area contributed by atoms with E-state index in [9.17, 15) is 19.7 Å². The van der Waals surface area contributed by atoms with E-state index in [4.69, 9.17) is 4.74 Å². The zero-order chi connectivity index (χ0) is 23.8. The molecule has 1 amide bonds. The van der Waals surface area contributed by atoms with E-state index in [2.05, 4.69) is 15.5 Å². The number of thioether (sulfide) groups is 1. The van der Waals surface area contributed by atoms with Crippen LogP contribution in [0.15, 0.2) is 53.7 Å². The van der Waals surface area contributed by atoms with Gasteiger partial charge in [-0.15, -0.1) is 10.2 Å². The maximum Gasteiger partial charge on any atom is 0.269 e. The van der Waals surface area contributed by atoms with Crippen molar-refractivity contribution in [2.45, 2.75) is 25.4 Å². The molecule has 1 heterocycles. The zero-order valence-corrected chi connectivity index (χ0v) is 19.0. The van der Waals surface area contributed by atoms with E-state index in [0.717, 1.165) is 11.4 Å². The Labute approximate surface area is 194 Å². The van der Waals surface area contributed by atoms with Crippen LogP contribution in [0.2, 0.25) is 0 Å². The van der Waals surface area contributed by atoms with Crippen molar-refractivity contribution in [2.75, 3.05) is 18.9 Å². The lowest BCUT2D eigenvalue weighted by molar-refractivity contribution is -0.384. The molecule has 11 heteroatoms. The lowest BCUT2D eigenvalue weighted by Crippen LogP contribution is -2.23. The number of hydrogen-bond donors (Lipinski definition) is 1. The number of amides is 1. The van der Waals surface area contributed by atoms with E-state index < -0.39 is 4.92 Å². The maximum atomic E-state index is 12.6. The van der Waals surface area contributed by atoms with Gasteiger partial charge in [0.25, 0.3) is 5.69 Å². The molecule has 0 aliphatic heterocycles. The van der Waals surface area contributed by atoms with Gasteiger partial charge >= 0.3 is 0 Å². The Balaban J connectivity index is 1.79. The van der Waals surface area contributed by atoms with Gasteiger partial charge in [-0.2, -0.15) is 0 Å². The van der Waals surface area contributed by atoms with Crippen LogP contribution >= 0.6 is 11.8 Å². The van der Waals surface area contributed by atoms with Crippen molar-refractivity contribution in [1.29, 1.82) is 0 Å². The Bertz CT molecular complexity index is 1130. The lowest BCUT2D eigenvalue weighted by atomic mass is 10.1. The van der Waals surface area contributed by atoms with E-state index in [-0.39, 0.29) is 23.1 Å². The number of non-ortho nitro benzene ring substituents is 1. The number of benzene rings is 2. The monoisotopic (exact) mass is 469 g/mol. The van der Waals surface area contributed by atoms with Crippen LogP contribution < -0.4 is 10.1 Å². The summed E-state index contributed by atoms with van der Waals surface area (Å²) >= 11 is 1.22. The number of rotatable bonds is 11. The molecule has 1 N–H and O–H groups in total. The van der Waals surface area contributed by atoms with E-state index in [1.807, 2.05) is 35.8 Å². The topological polar surface area (TPSA) is 129 Å². The summed E-state index contributed by atoms with van der Waals surface area (Å²) in [6, 6.07) is 12.9. The number of carbonyl (C=O) groups excluding carboxylic acids is 2. The minimum absolute atomic E-state index is 0.0711. The van der Waals surface area contributed by atoms with Crippen LogP contribution in [-0.4, -0.2) is 50.3 Å². The Morgan fingerprint density at radius 1 is 1.12 bits per heavy atom. The first-order chi connectivity index (χ1) is 15.9. The summed E-state index contributed by atoms with van der Waals surface area (Å²) < 4.78 is 7.34. The molecule has 0 radical (unpaired) electrons. The highest BCUT2D eigenvalue weighted by Gasteiger charge is 2.17. The highest BCUT2D eigenvalue weighted by molar-refractivity contribution is 7.99. The van der Waals surface area contributed by atoms with Crippen LogP contribution in [0.25, 0.3) is 5.69 Å². The van der Waals surface area contributed by atoms with Gasteiger partial charge in [-0.05, 0) is 43.3 Å². The van der Waals surface area contributed by atoms with Gasteiger partial charge in [0.2, 0.25) is 5.91 Å². The summed E-state index contributed by atoms with van der Waals surface area (Å²) in [5.74, 6) is 1.13. The number of nitrogens with one attached hydrogen (secondary N) is 1. The van der Waals surface area contributed by atoms with E-state index in [1.54, 1.807) is 0 Å². The Hall–Kier alpha value is -3.73. The number of Topliss-reactive ketones (excluding diaryl/α,β-unsaturated/α-hetero) is 1. The maximum absolute atomic E-state index is 12.6. The van der Waals surface area contributed by atoms with E-state index >= 15 is 0 Å². The van der Waals surface area contributed by atoms with E-state index in [0.29, 0.717) is 36.1 Å². The fraction of sp³-hybridized carbons (Fsp3) is 0.273. The predicted octanol–water partition coefficient (Wildman–Crippen LogP) is 3.23. The molecule has 3 rings (SSSR count). The summed E-state index contributed by atoms with van der Waals surface area (Å²) in [4.78, 5) is 34.1. The standard InChI is InChI=1S/C22H23N5O5S/c1-3-32-19-10-8-17(9-11-19)26-21(12-13-23-15(2)28)24-25-22(26)33-14-20(29)16-4-6-18(7-5-16)27(30)31/h4-11H,3,12-14H2,1-2H3,(H,23,28). The van der Waals surface area contributed by atoms with Gasteiger partial charge in [0.05, 0.1) is 17.3 Å². The average molecular weight is 470 g/mol. The minimum atomic E-state index is -0.509. The molecule has 10 nitrogen and oxygen atoms in total.